The smallest absolute Gasteiger partial charge is 0.226 e. The lowest BCUT2D eigenvalue weighted by Gasteiger charge is -2.18. The van der Waals surface area contributed by atoms with E-state index < -0.39 is 0 Å². The van der Waals surface area contributed by atoms with Gasteiger partial charge in [0.2, 0.25) is 5.91 Å². The van der Waals surface area contributed by atoms with Crippen LogP contribution in [0.1, 0.15) is 31.2 Å². The highest BCUT2D eigenvalue weighted by Crippen LogP contribution is 2.56. The van der Waals surface area contributed by atoms with E-state index in [1.165, 1.54) is 25.7 Å². The van der Waals surface area contributed by atoms with Gasteiger partial charge in [-0.25, -0.2) is 0 Å². The number of nitrogens with two attached hydrogens (primary N) is 1. The lowest BCUT2D eigenvalue weighted by atomic mass is 10.0. The summed E-state index contributed by atoms with van der Waals surface area (Å²) in [4.78, 5) is 14.3. The lowest BCUT2D eigenvalue weighted by molar-refractivity contribution is -0.132. The van der Waals surface area contributed by atoms with Gasteiger partial charge in [-0.2, -0.15) is 0 Å². The number of amides is 1. The van der Waals surface area contributed by atoms with Crippen LogP contribution in [0.25, 0.3) is 0 Å². The zero-order valence-electron chi connectivity index (χ0n) is 11.5. The van der Waals surface area contributed by atoms with Crippen molar-refractivity contribution in [2.45, 2.75) is 32.2 Å². The van der Waals surface area contributed by atoms with Crippen LogP contribution in [0, 0.1) is 17.8 Å². The van der Waals surface area contributed by atoms with Gasteiger partial charge in [-0.05, 0) is 36.3 Å². The molecule has 19 heavy (non-hydrogen) atoms. The molecule has 0 spiro atoms. The van der Waals surface area contributed by atoms with Crippen molar-refractivity contribution in [1.29, 1.82) is 0 Å². The molecule has 1 amide bonds. The first-order valence-electron chi connectivity index (χ1n) is 7.27. The number of hydrogen-bond acceptors (Lipinski definition) is 2. The molecule has 3 heteroatoms. The molecule has 3 nitrogen and oxygen atoms in total. The molecule has 2 aliphatic rings. The van der Waals surface area contributed by atoms with E-state index in [0.717, 1.165) is 11.3 Å². The summed E-state index contributed by atoms with van der Waals surface area (Å²) in [6, 6.07) is 7.79. The minimum atomic E-state index is 0.303. The quantitative estimate of drug-likeness (QED) is 0.847. The molecule has 0 aliphatic heterocycles. The Hall–Kier alpha value is -1.51. The summed E-state index contributed by atoms with van der Waals surface area (Å²) in [7, 11) is 1.90. The molecule has 1 aromatic rings. The monoisotopic (exact) mass is 258 g/mol. The van der Waals surface area contributed by atoms with E-state index in [0.29, 0.717) is 30.2 Å². The number of anilines is 1. The Morgan fingerprint density at radius 2 is 1.89 bits per heavy atom. The molecular weight excluding hydrogens is 236 g/mol. The molecular formula is C16H22N2O. The van der Waals surface area contributed by atoms with Crippen LogP contribution in [-0.2, 0) is 11.3 Å². The third-order valence-electron chi connectivity index (χ3n) is 4.78. The number of fused-ring (bicyclic) bond motifs is 1. The molecule has 2 unspecified atom stereocenters. The van der Waals surface area contributed by atoms with Gasteiger partial charge in [0.05, 0.1) is 0 Å². The van der Waals surface area contributed by atoms with E-state index in [4.69, 9.17) is 5.73 Å². The number of benzene rings is 1. The van der Waals surface area contributed by atoms with Crippen molar-refractivity contribution in [3.63, 3.8) is 0 Å². The molecule has 2 N–H and O–H groups in total. The average molecular weight is 258 g/mol. The van der Waals surface area contributed by atoms with Gasteiger partial charge in [0.1, 0.15) is 0 Å². The third-order valence-corrected chi connectivity index (χ3v) is 4.78. The van der Waals surface area contributed by atoms with E-state index in [2.05, 4.69) is 0 Å². The van der Waals surface area contributed by atoms with E-state index in [-0.39, 0.29) is 0 Å². The van der Waals surface area contributed by atoms with Crippen LogP contribution in [0.2, 0.25) is 0 Å². The lowest BCUT2D eigenvalue weighted by Crippen LogP contribution is -2.28. The maximum absolute atomic E-state index is 12.5. The number of rotatable bonds is 3. The molecule has 0 heterocycles. The predicted molar refractivity (Wildman–Crippen MR) is 76.3 cm³/mol. The second-order valence-corrected chi connectivity index (χ2v) is 6.03. The minimum Gasteiger partial charge on any atom is -0.398 e. The number of carbonyl (C=O) groups is 1. The number of para-hydroxylation sites is 1. The SMILES string of the molecule is CN(Cc1ccccc1N)C(=O)C1C2CCCCC21. The Morgan fingerprint density at radius 1 is 1.26 bits per heavy atom. The van der Waals surface area contributed by atoms with Crippen LogP contribution in [0.5, 0.6) is 0 Å². The Labute approximate surface area is 114 Å². The second kappa shape index (κ2) is 4.87. The molecule has 102 valence electrons. The fourth-order valence-electron chi connectivity index (χ4n) is 3.62. The van der Waals surface area contributed by atoms with Crippen LogP contribution >= 0.6 is 0 Å². The number of nitrogens with zero attached hydrogens (tertiary/aromatic N) is 1. The third kappa shape index (κ3) is 2.34. The van der Waals surface area contributed by atoms with Crippen LogP contribution in [0.4, 0.5) is 5.69 Å². The summed E-state index contributed by atoms with van der Waals surface area (Å²) in [5.74, 6) is 1.98. The summed E-state index contributed by atoms with van der Waals surface area (Å²) in [6.07, 6.45) is 5.12. The van der Waals surface area contributed by atoms with Gasteiger partial charge in [-0.3, -0.25) is 4.79 Å². The summed E-state index contributed by atoms with van der Waals surface area (Å²) in [5, 5.41) is 0. The highest BCUT2D eigenvalue weighted by molar-refractivity contribution is 5.82. The van der Waals surface area contributed by atoms with Gasteiger partial charge in [-0.15, -0.1) is 0 Å². The van der Waals surface area contributed by atoms with Gasteiger partial charge < -0.3 is 10.6 Å². The maximum Gasteiger partial charge on any atom is 0.226 e. The van der Waals surface area contributed by atoms with Crippen LogP contribution < -0.4 is 5.73 Å². The Balaban J connectivity index is 1.63. The zero-order valence-corrected chi connectivity index (χ0v) is 11.5. The van der Waals surface area contributed by atoms with Gasteiger partial charge in [-0.1, -0.05) is 31.0 Å². The molecule has 2 atom stereocenters. The van der Waals surface area contributed by atoms with Crippen molar-refractivity contribution in [3.8, 4) is 0 Å². The topological polar surface area (TPSA) is 46.3 Å². The normalized spacial score (nSPS) is 28.6. The van der Waals surface area contributed by atoms with E-state index in [9.17, 15) is 4.79 Å². The highest BCUT2D eigenvalue weighted by Gasteiger charge is 2.55. The molecule has 1 aromatic carbocycles. The van der Waals surface area contributed by atoms with Crippen molar-refractivity contribution in [2.24, 2.45) is 17.8 Å². The van der Waals surface area contributed by atoms with E-state index in [1.54, 1.807) is 0 Å². The fraction of sp³-hybridized carbons (Fsp3) is 0.562. The number of hydrogen-bond donors (Lipinski definition) is 1. The summed E-state index contributed by atoms with van der Waals surface area (Å²) in [6.45, 7) is 0.626. The van der Waals surface area contributed by atoms with Crippen LogP contribution in [-0.4, -0.2) is 17.9 Å². The first kappa shape index (κ1) is 12.5. The van der Waals surface area contributed by atoms with Crippen molar-refractivity contribution < 1.29 is 4.79 Å². The van der Waals surface area contributed by atoms with Gasteiger partial charge >= 0.3 is 0 Å². The highest BCUT2D eigenvalue weighted by atomic mass is 16.2. The van der Waals surface area contributed by atoms with Crippen molar-refractivity contribution >= 4 is 11.6 Å². The number of carbonyl (C=O) groups excluding carboxylic acids is 1. The van der Waals surface area contributed by atoms with Crippen molar-refractivity contribution in [2.75, 3.05) is 12.8 Å². The molecule has 0 radical (unpaired) electrons. The standard InChI is InChI=1S/C16H22N2O/c1-18(10-11-6-2-5-9-14(11)17)16(19)15-12-7-3-4-8-13(12)15/h2,5-6,9,12-13,15H,3-4,7-8,10,17H2,1H3. The summed E-state index contributed by atoms with van der Waals surface area (Å²) < 4.78 is 0. The molecule has 0 bridgehead atoms. The average Bonchev–Trinajstić information content (AvgIpc) is 3.14. The summed E-state index contributed by atoms with van der Waals surface area (Å²) >= 11 is 0. The summed E-state index contributed by atoms with van der Waals surface area (Å²) in [5.41, 5.74) is 7.76. The molecule has 2 aliphatic carbocycles. The van der Waals surface area contributed by atoms with Gasteiger partial charge in [0.25, 0.3) is 0 Å². The van der Waals surface area contributed by atoms with Crippen LogP contribution in [0.3, 0.4) is 0 Å². The van der Waals surface area contributed by atoms with Gasteiger partial charge in [0, 0.05) is 25.2 Å². The van der Waals surface area contributed by atoms with Crippen molar-refractivity contribution in [3.05, 3.63) is 29.8 Å². The first-order chi connectivity index (χ1) is 9.18. The van der Waals surface area contributed by atoms with Gasteiger partial charge in [0.15, 0.2) is 0 Å². The zero-order chi connectivity index (χ0) is 13.4. The van der Waals surface area contributed by atoms with E-state index in [1.807, 2.05) is 36.2 Å². The Bertz CT molecular complexity index is 473. The molecule has 2 fully saturated rings. The molecule has 0 aromatic heterocycles. The number of nitrogen functional groups attached to an aromatic ring is 1. The molecule has 0 saturated heterocycles. The first-order valence-corrected chi connectivity index (χ1v) is 7.27. The molecule has 2 saturated carbocycles. The van der Waals surface area contributed by atoms with Crippen molar-refractivity contribution in [1.82, 2.24) is 4.90 Å². The van der Waals surface area contributed by atoms with E-state index >= 15 is 0 Å². The predicted octanol–water partition coefficient (Wildman–Crippen LogP) is 2.66. The minimum absolute atomic E-state index is 0.303. The largest absolute Gasteiger partial charge is 0.398 e. The second-order valence-electron chi connectivity index (χ2n) is 6.03. The van der Waals surface area contributed by atoms with Crippen LogP contribution in [0.15, 0.2) is 24.3 Å². The fourth-order valence-corrected chi connectivity index (χ4v) is 3.62. The molecule has 3 rings (SSSR count). The maximum atomic E-state index is 12.5. The Kier molecular flexibility index (Phi) is 3.21. The Morgan fingerprint density at radius 3 is 2.53 bits per heavy atom.